The van der Waals surface area contributed by atoms with E-state index in [2.05, 4.69) is 10.2 Å². The van der Waals surface area contributed by atoms with Crippen LogP contribution in [-0.4, -0.2) is 88.8 Å². The molecule has 2 aliphatic rings. The van der Waals surface area contributed by atoms with E-state index in [1.807, 2.05) is 0 Å². The summed E-state index contributed by atoms with van der Waals surface area (Å²) in [6.45, 7) is 5.70. The molecule has 174 valence electrons. The Hall–Kier alpha value is -1.69. The van der Waals surface area contributed by atoms with Crippen molar-refractivity contribution in [1.82, 2.24) is 14.5 Å². The van der Waals surface area contributed by atoms with Crippen LogP contribution < -0.4 is 10.1 Å². The number of likely N-dealkylation sites (tertiary alicyclic amines) is 1. The molecule has 0 saturated carbocycles. The lowest BCUT2D eigenvalue weighted by Crippen LogP contribution is -2.50. The van der Waals surface area contributed by atoms with Gasteiger partial charge in [-0.15, -0.1) is 0 Å². The maximum atomic E-state index is 13.0. The molecule has 1 aromatic rings. The number of rotatable bonds is 8. The maximum Gasteiger partial charge on any atom is 0.251 e. The molecule has 0 radical (unpaired) electrons. The van der Waals surface area contributed by atoms with E-state index in [4.69, 9.17) is 4.74 Å². The second kappa shape index (κ2) is 9.43. The highest BCUT2D eigenvalue weighted by Gasteiger charge is 2.42. The second-order valence-electron chi connectivity index (χ2n) is 7.92. The third-order valence-corrected chi connectivity index (χ3v) is 9.79. The van der Waals surface area contributed by atoms with Crippen LogP contribution in [0, 0.1) is 0 Å². The molecule has 0 spiro atoms. The summed E-state index contributed by atoms with van der Waals surface area (Å²) in [4.78, 5) is 15.0. The van der Waals surface area contributed by atoms with Crippen molar-refractivity contribution in [1.29, 1.82) is 0 Å². The van der Waals surface area contributed by atoms with Crippen LogP contribution in [0.25, 0.3) is 0 Å². The third kappa shape index (κ3) is 5.05. The van der Waals surface area contributed by atoms with Crippen molar-refractivity contribution in [2.45, 2.75) is 43.7 Å². The minimum Gasteiger partial charge on any atom is -0.495 e. The number of ether oxygens (including phenoxy) is 1. The van der Waals surface area contributed by atoms with Gasteiger partial charge in [-0.2, -0.15) is 4.31 Å². The van der Waals surface area contributed by atoms with E-state index in [0.29, 0.717) is 0 Å². The Morgan fingerprint density at radius 2 is 1.84 bits per heavy atom. The van der Waals surface area contributed by atoms with Gasteiger partial charge < -0.3 is 10.1 Å². The SMILES string of the molecule is CCN(CC)S(=O)(=O)c1cc(C(=O)NC2CS(=O)(=O)CC2N2CCCC2)ccc1OC. The molecule has 1 aromatic carbocycles. The molecule has 2 unspecified atom stereocenters. The van der Waals surface area contributed by atoms with Gasteiger partial charge in [0, 0.05) is 24.7 Å². The van der Waals surface area contributed by atoms with E-state index in [-0.39, 0.29) is 46.8 Å². The first-order valence-corrected chi connectivity index (χ1v) is 13.8. The minimum atomic E-state index is -3.85. The van der Waals surface area contributed by atoms with Crippen molar-refractivity contribution in [2.75, 3.05) is 44.8 Å². The lowest BCUT2D eigenvalue weighted by atomic mass is 10.1. The number of amides is 1. The van der Waals surface area contributed by atoms with E-state index in [1.165, 1.54) is 29.6 Å². The fourth-order valence-electron chi connectivity index (χ4n) is 4.37. The van der Waals surface area contributed by atoms with E-state index < -0.39 is 31.8 Å². The number of nitrogens with zero attached hydrogens (tertiary/aromatic N) is 2. The molecule has 2 fully saturated rings. The van der Waals surface area contributed by atoms with Gasteiger partial charge in [-0.25, -0.2) is 16.8 Å². The summed E-state index contributed by atoms with van der Waals surface area (Å²) >= 11 is 0. The van der Waals surface area contributed by atoms with Gasteiger partial charge in [0.1, 0.15) is 10.6 Å². The Kier molecular flexibility index (Phi) is 7.29. The average molecular weight is 474 g/mol. The summed E-state index contributed by atoms with van der Waals surface area (Å²) in [6.07, 6.45) is 2.03. The molecule has 11 heteroatoms. The molecular formula is C20H31N3O6S2. The maximum absolute atomic E-state index is 13.0. The van der Waals surface area contributed by atoms with Crippen LogP contribution in [0.2, 0.25) is 0 Å². The van der Waals surface area contributed by atoms with Crippen LogP contribution in [0.15, 0.2) is 23.1 Å². The fourth-order valence-corrected chi connectivity index (χ4v) is 7.97. The number of carbonyl (C=O) groups excluding carboxylic acids is 1. The van der Waals surface area contributed by atoms with E-state index >= 15 is 0 Å². The van der Waals surface area contributed by atoms with Crippen LogP contribution in [0.5, 0.6) is 5.75 Å². The van der Waals surface area contributed by atoms with Gasteiger partial charge in [0.2, 0.25) is 10.0 Å². The summed E-state index contributed by atoms with van der Waals surface area (Å²) in [5.74, 6) is -0.421. The normalized spacial score (nSPS) is 23.9. The van der Waals surface area contributed by atoms with Crippen molar-refractivity contribution in [2.24, 2.45) is 0 Å². The summed E-state index contributed by atoms with van der Waals surface area (Å²) in [7, 11) is -5.72. The molecule has 0 bridgehead atoms. The molecule has 2 atom stereocenters. The van der Waals surface area contributed by atoms with Crippen molar-refractivity contribution in [3.8, 4) is 5.75 Å². The summed E-state index contributed by atoms with van der Waals surface area (Å²) in [5, 5.41) is 2.84. The lowest BCUT2D eigenvalue weighted by molar-refractivity contribution is 0.0918. The highest BCUT2D eigenvalue weighted by Crippen LogP contribution is 2.28. The quantitative estimate of drug-likeness (QED) is 0.592. The van der Waals surface area contributed by atoms with Crippen LogP contribution in [-0.2, 0) is 19.9 Å². The number of nitrogens with one attached hydrogen (secondary N) is 1. The van der Waals surface area contributed by atoms with E-state index in [9.17, 15) is 21.6 Å². The van der Waals surface area contributed by atoms with Crippen molar-refractivity contribution in [3.05, 3.63) is 23.8 Å². The van der Waals surface area contributed by atoms with Crippen LogP contribution >= 0.6 is 0 Å². The zero-order valence-electron chi connectivity index (χ0n) is 18.2. The van der Waals surface area contributed by atoms with Crippen molar-refractivity contribution in [3.63, 3.8) is 0 Å². The molecular weight excluding hydrogens is 442 g/mol. The standard InChI is InChI=1S/C20H31N3O6S2/c1-4-23(5-2)31(27,28)19-12-15(8-9-18(19)29-3)20(24)21-16-13-30(25,26)14-17(16)22-10-6-7-11-22/h8-9,12,16-17H,4-7,10-11,13-14H2,1-3H3,(H,21,24). The van der Waals surface area contributed by atoms with Crippen LogP contribution in [0.3, 0.4) is 0 Å². The van der Waals surface area contributed by atoms with Crippen LogP contribution in [0.1, 0.15) is 37.0 Å². The number of sulfone groups is 1. The fraction of sp³-hybridized carbons (Fsp3) is 0.650. The number of hydrogen-bond donors (Lipinski definition) is 1. The number of benzene rings is 1. The Bertz CT molecular complexity index is 1020. The first kappa shape index (κ1) is 24.0. The van der Waals surface area contributed by atoms with E-state index in [1.54, 1.807) is 13.8 Å². The number of sulfonamides is 1. The number of hydrogen-bond acceptors (Lipinski definition) is 7. The monoisotopic (exact) mass is 473 g/mol. The zero-order chi connectivity index (χ0) is 22.8. The number of carbonyl (C=O) groups is 1. The second-order valence-corrected chi connectivity index (χ2v) is 12.0. The zero-order valence-corrected chi connectivity index (χ0v) is 19.8. The molecule has 31 heavy (non-hydrogen) atoms. The summed E-state index contributed by atoms with van der Waals surface area (Å²) < 4.78 is 57.1. The van der Waals surface area contributed by atoms with Gasteiger partial charge >= 0.3 is 0 Å². The minimum absolute atomic E-state index is 0.0299. The lowest BCUT2D eigenvalue weighted by Gasteiger charge is -2.28. The first-order valence-electron chi connectivity index (χ1n) is 10.6. The molecule has 0 aromatic heterocycles. The Balaban J connectivity index is 1.88. The molecule has 2 saturated heterocycles. The Morgan fingerprint density at radius 3 is 2.42 bits per heavy atom. The molecule has 1 N–H and O–H groups in total. The molecule has 9 nitrogen and oxygen atoms in total. The molecule has 2 heterocycles. The van der Waals surface area contributed by atoms with Crippen LogP contribution in [0.4, 0.5) is 0 Å². The Labute approximate surface area is 184 Å². The Morgan fingerprint density at radius 1 is 1.19 bits per heavy atom. The van der Waals surface area contributed by atoms with Crippen molar-refractivity contribution < 1.29 is 26.4 Å². The predicted octanol–water partition coefficient (Wildman–Crippen LogP) is 0.717. The predicted molar refractivity (Wildman–Crippen MR) is 118 cm³/mol. The van der Waals surface area contributed by atoms with E-state index in [0.717, 1.165) is 25.9 Å². The number of methoxy groups -OCH3 is 1. The van der Waals surface area contributed by atoms with Gasteiger partial charge in [-0.3, -0.25) is 9.69 Å². The summed E-state index contributed by atoms with van der Waals surface area (Å²) in [5.41, 5.74) is 0.149. The van der Waals surface area contributed by atoms with Gasteiger partial charge in [0.05, 0.1) is 24.7 Å². The largest absolute Gasteiger partial charge is 0.495 e. The molecule has 1 amide bonds. The molecule has 0 aliphatic carbocycles. The van der Waals surface area contributed by atoms with Gasteiger partial charge in [0.25, 0.3) is 5.91 Å². The summed E-state index contributed by atoms with van der Waals surface area (Å²) in [6, 6.07) is 3.46. The third-order valence-electron chi connectivity index (χ3n) is 6.00. The van der Waals surface area contributed by atoms with Gasteiger partial charge in [-0.05, 0) is 44.1 Å². The molecule has 3 rings (SSSR count). The first-order chi connectivity index (χ1) is 14.6. The average Bonchev–Trinajstić information content (AvgIpc) is 3.35. The van der Waals surface area contributed by atoms with Gasteiger partial charge in [-0.1, -0.05) is 13.8 Å². The van der Waals surface area contributed by atoms with Crippen molar-refractivity contribution >= 4 is 25.8 Å². The highest BCUT2D eigenvalue weighted by atomic mass is 32.2. The smallest absolute Gasteiger partial charge is 0.251 e. The highest BCUT2D eigenvalue weighted by molar-refractivity contribution is 7.91. The topological polar surface area (TPSA) is 113 Å². The van der Waals surface area contributed by atoms with Gasteiger partial charge in [0.15, 0.2) is 9.84 Å². The molecule has 2 aliphatic heterocycles.